The van der Waals surface area contributed by atoms with Crippen LogP contribution >= 0.6 is 0 Å². The van der Waals surface area contributed by atoms with Crippen molar-refractivity contribution in [1.82, 2.24) is 5.32 Å². The molecule has 1 rings (SSSR count). The predicted molar refractivity (Wildman–Crippen MR) is 76.7 cm³/mol. The van der Waals surface area contributed by atoms with Crippen LogP contribution in [-0.2, 0) is 9.53 Å². The van der Waals surface area contributed by atoms with Gasteiger partial charge >= 0.3 is 0 Å². The summed E-state index contributed by atoms with van der Waals surface area (Å²) in [6.45, 7) is 4.17. The van der Waals surface area contributed by atoms with Gasteiger partial charge in [-0.15, -0.1) is 0 Å². The Balaban J connectivity index is 2.14. The molecule has 0 aliphatic heterocycles. The smallest absolute Gasteiger partial charge is 0.221 e. The van der Waals surface area contributed by atoms with Crippen LogP contribution in [0.25, 0.3) is 0 Å². The Bertz CT molecular complexity index is 354. The topological polar surface area (TPSA) is 64.3 Å². The molecule has 0 heterocycles. The molecule has 1 aromatic carbocycles. The molecule has 0 aromatic heterocycles. The standard InChI is InChI=1S/C15H24N2O2/c1-2-19-11-7-6-10-17-15(18)12-14(16)13-8-4-3-5-9-13/h3-5,8-9,14H,2,6-7,10-12,16H2,1H3,(H,17,18). The molecule has 106 valence electrons. The first-order valence-electron chi connectivity index (χ1n) is 6.89. The largest absolute Gasteiger partial charge is 0.382 e. The van der Waals surface area contributed by atoms with Crippen LogP contribution in [0.2, 0.25) is 0 Å². The average molecular weight is 264 g/mol. The van der Waals surface area contributed by atoms with Crippen molar-refractivity contribution in [2.45, 2.75) is 32.2 Å². The summed E-state index contributed by atoms with van der Waals surface area (Å²) >= 11 is 0. The number of benzene rings is 1. The molecule has 0 aliphatic rings. The molecule has 4 nitrogen and oxygen atoms in total. The maximum Gasteiger partial charge on any atom is 0.221 e. The lowest BCUT2D eigenvalue weighted by Crippen LogP contribution is -2.28. The molecular weight excluding hydrogens is 240 g/mol. The molecule has 0 saturated carbocycles. The van der Waals surface area contributed by atoms with Crippen molar-refractivity contribution in [2.24, 2.45) is 5.73 Å². The molecule has 0 aliphatic carbocycles. The number of nitrogens with one attached hydrogen (secondary N) is 1. The number of rotatable bonds is 9. The van der Waals surface area contributed by atoms with Crippen molar-refractivity contribution in [3.63, 3.8) is 0 Å². The van der Waals surface area contributed by atoms with E-state index in [1.54, 1.807) is 0 Å². The molecule has 0 saturated heterocycles. The lowest BCUT2D eigenvalue weighted by atomic mass is 10.0. The van der Waals surface area contributed by atoms with Gasteiger partial charge in [0.05, 0.1) is 0 Å². The van der Waals surface area contributed by atoms with Crippen LogP contribution < -0.4 is 11.1 Å². The second kappa shape index (κ2) is 9.53. The number of unbranched alkanes of at least 4 members (excludes halogenated alkanes) is 1. The number of amides is 1. The third kappa shape index (κ3) is 6.94. The summed E-state index contributed by atoms with van der Waals surface area (Å²) in [6.07, 6.45) is 2.24. The van der Waals surface area contributed by atoms with E-state index in [0.717, 1.165) is 31.6 Å². The minimum atomic E-state index is -0.232. The van der Waals surface area contributed by atoms with Crippen LogP contribution in [0.3, 0.4) is 0 Å². The number of carbonyl (C=O) groups is 1. The van der Waals surface area contributed by atoms with Gasteiger partial charge in [-0.3, -0.25) is 4.79 Å². The van der Waals surface area contributed by atoms with Crippen molar-refractivity contribution < 1.29 is 9.53 Å². The van der Waals surface area contributed by atoms with Gasteiger partial charge in [-0.2, -0.15) is 0 Å². The van der Waals surface area contributed by atoms with Crippen LogP contribution in [0.15, 0.2) is 30.3 Å². The van der Waals surface area contributed by atoms with Gasteiger partial charge in [0.2, 0.25) is 5.91 Å². The highest BCUT2D eigenvalue weighted by molar-refractivity contribution is 5.76. The fourth-order valence-electron chi connectivity index (χ4n) is 1.79. The van der Waals surface area contributed by atoms with Gasteiger partial charge in [-0.05, 0) is 25.3 Å². The van der Waals surface area contributed by atoms with Gasteiger partial charge in [-0.1, -0.05) is 30.3 Å². The molecule has 0 fully saturated rings. The van der Waals surface area contributed by atoms with Gasteiger partial charge in [0.15, 0.2) is 0 Å². The predicted octanol–water partition coefficient (Wildman–Crippen LogP) is 2.01. The number of hydrogen-bond acceptors (Lipinski definition) is 3. The maximum absolute atomic E-state index is 11.7. The zero-order chi connectivity index (χ0) is 13.9. The van der Waals surface area contributed by atoms with Crippen LogP contribution in [0.5, 0.6) is 0 Å². The normalized spacial score (nSPS) is 12.1. The molecule has 1 aromatic rings. The molecule has 0 radical (unpaired) electrons. The Morgan fingerprint density at radius 2 is 2.05 bits per heavy atom. The summed E-state index contributed by atoms with van der Waals surface area (Å²) in [6, 6.07) is 9.46. The fourth-order valence-corrected chi connectivity index (χ4v) is 1.79. The molecule has 1 amide bonds. The molecule has 19 heavy (non-hydrogen) atoms. The minimum Gasteiger partial charge on any atom is -0.382 e. The lowest BCUT2D eigenvalue weighted by Gasteiger charge is -2.12. The summed E-state index contributed by atoms with van der Waals surface area (Å²) in [5.74, 6) is 0.00719. The quantitative estimate of drug-likeness (QED) is 0.671. The highest BCUT2D eigenvalue weighted by Crippen LogP contribution is 2.12. The summed E-state index contributed by atoms with van der Waals surface area (Å²) in [7, 11) is 0. The first-order valence-corrected chi connectivity index (χ1v) is 6.89. The lowest BCUT2D eigenvalue weighted by molar-refractivity contribution is -0.121. The Hall–Kier alpha value is -1.39. The summed E-state index contributed by atoms with van der Waals surface area (Å²) in [5, 5.41) is 2.89. The summed E-state index contributed by atoms with van der Waals surface area (Å²) in [4.78, 5) is 11.7. The van der Waals surface area contributed by atoms with E-state index in [1.807, 2.05) is 37.3 Å². The van der Waals surface area contributed by atoms with Crippen molar-refractivity contribution >= 4 is 5.91 Å². The van der Waals surface area contributed by atoms with Crippen LogP contribution in [0.1, 0.15) is 37.8 Å². The third-order valence-electron chi connectivity index (χ3n) is 2.87. The van der Waals surface area contributed by atoms with Gasteiger partial charge in [-0.25, -0.2) is 0 Å². The van der Waals surface area contributed by atoms with E-state index in [9.17, 15) is 4.79 Å². The van der Waals surface area contributed by atoms with E-state index in [1.165, 1.54) is 0 Å². The minimum absolute atomic E-state index is 0.00719. The van der Waals surface area contributed by atoms with Crippen molar-refractivity contribution in [3.05, 3.63) is 35.9 Å². The monoisotopic (exact) mass is 264 g/mol. The molecule has 1 atom stereocenters. The first kappa shape index (κ1) is 15.7. The SMILES string of the molecule is CCOCCCCNC(=O)CC(N)c1ccccc1. The van der Waals surface area contributed by atoms with E-state index in [0.29, 0.717) is 13.0 Å². The number of hydrogen-bond donors (Lipinski definition) is 2. The van der Waals surface area contributed by atoms with Gasteiger partial charge in [0.25, 0.3) is 0 Å². The molecule has 3 N–H and O–H groups in total. The van der Waals surface area contributed by atoms with Crippen molar-refractivity contribution in [3.8, 4) is 0 Å². The van der Waals surface area contributed by atoms with Gasteiger partial charge < -0.3 is 15.8 Å². The second-order valence-corrected chi connectivity index (χ2v) is 4.48. The maximum atomic E-state index is 11.7. The number of ether oxygens (including phenoxy) is 1. The molecule has 1 unspecified atom stereocenters. The number of carbonyl (C=O) groups excluding carboxylic acids is 1. The van der Waals surface area contributed by atoms with E-state index >= 15 is 0 Å². The third-order valence-corrected chi connectivity index (χ3v) is 2.87. The second-order valence-electron chi connectivity index (χ2n) is 4.48. The molecule has 4 heteroatoms. The Kier molecular flexibility index (Phi) is 7.86. The van der Waals surface area contributed by atoms with Gasteiger partial charge in [0, 0.05) is 32.2 Å². The Morgan fingerprint density at radius 3 is 2.74 bits per heavy atom. The molecule has 0 spiro atoms. The van der Waals surface area contributed by atoms with E-state index in [4.69, 9.17) is 10.5 Å². The van der Waals surface area contributed by atoms with E-state index < -0.39 is 0 Å². The zero-order valence-electron chi connectivity index (χ0n) is 11.6. The number of nitrogens with two attached hydrogens (primary N) is 1. The summed E-state index contributed by atoms with van der Waals surface area (Å²) < 4.78 is 5.23. The van der Waals surface area contributed by atoms with Crippen LogP contribution in [-0.4, -0.2) is 25.7 Å². The van der Waals surface area contributed by atoms with E-state index in [-0.39, 0.29) is 11.9 Å². The highest BCUT2D eigenvalue weighted by atomic mass is 16.5. The Morgan fingerprint density at radius 1 is 1.32 bits per heavy atom. The van der Waals surface area contributed by atoms with Crippen LogP contribution in [0.4, 0.5) is 0 Å². The fraction of sp³-hybridized carbons (Fsp3) is 0.533. The Labute approximate surface area is 115 Å². The van der Waals surface area contributed by atoms with Crippen molar-refractivity contribution in [1.29, 1.82) is 0 Å². The van der Waals surface area contributed by atoms with Gasteiger partial charge in [0.1, 0.15) is 0 Å². The highest BCUT2D eigenvalue weighted by Gasteiger charge is 2.10. The molecular formula is C15H24N2O2. The first-order chi connectivity index (χ1) is 9.24. The van der Waals surface area contributed by atoms with Crippen molar-refractivity contribution in [2.75, 3.05) is 19.8 Å². The zero-order valence-corrected chi connectivity index (χ0v) is 11.6. The summed E-state index contributed by atoms with van der Waals surface area (Å²) in [5.41, 5.74) is 6.98. The van der Waals surface area contributed by atoms with E-state index in [2.05, 4.69) is 5.32 Å². The average Bonchev–Trinajstić information content (AvgIpc) is 2.43. The molecule has 0 bridgehead atoms. The van der Waals surface area contributed by atoms with Crippen LogP contribution in [0, 0.1) is 0 Å².